The monoisotopic (exact) mass is 1620 g/mol. The number of aliphatic hydroxyl groups excluding tert-OH is 2. The molecule has 0 atom stereocenters. The van der Waals surface area contributed by atoms with E-state index in [0.717, 1.165) is 33.9 Å². The van der Waals surface area contributed by atoms with Gasteiger partial charge < -0.3 is 62.8 Å². The van der Waals surface area contributed by atoms with E-state index in [4.69, 9.17) is 41.9 Å². The summed E-state index contributed by atoms with van der Waals surface area (Å²) >= 11 is 0. The van der Waals surface area contributed by atoms with Crippen molar-refractivity contribution >= 4 is 93.8 Å². The molecular weight excluding hydrogens is 1540 g/mol. The van der Waals surface area contributed by atoms with E-state index in [1.54, 1.807) is 115 Å². The number of primary amides is 2. The van der Waals surface area contributed by atoms with Crippen LogP contribution in [0.4, 0.5) is 0 Å². The van der Waals surface area contributed by atoms with E-state index in [1.165, 1.54) is 88.5 Å². The number of hydrogen-bond acceptors (Lipinski definition) is 18. The van der Waals surface area contributed by atoms with Crippen molar-refractivity contribution in [1.29, 1.82) is 5.26 Å². The van der Waals surface area contributed by atoms with Crippen LogP contribution in [0, 0.1) is 18.3 Å². The molecule has 10 aromatic rings. The van der Waals surface area contributed by atoms with E-state index in [0.29, 0.717) is 76.9 Å². The van der Waals surface area contributed by atoms with Gasteiger partial charge >= 0.3 is 23.9 Å². The summed E-state index contributed by atoms with van der Waals surface area (Å²) in [6, 6.07) is 60.3. The van der Waals surface area contributed by atoms with Crippen molar-refractivity contribution in [1.82, 2.24) is 16.0 Å². The predicted octanol–water partition coefficient (Wildman–Crippen LogP) is 14.0. The van der Waals surface area contributed by atoms with Crippen LogP contribution in [0.3, 0.4) is 0 Å². The fourth-order valence-corrected chi connectivity index (χ4v) is 11.9. The first kappa shape index (κ1) is 93.0. The van der Waals surface area contributed by atoms with Crippen LogP contribution in [0.5, 0.6) is 5.75 Å². The zero-order valence-electron chi connectivity index (χ0n) is 66.0. The molecule has 5 amide bonds. The molecule has 0 saturated carbocycles. The number of benzene rings is 10. The molecule has 0 fully saturated rings. The van der Waals surface area contributed by atoms with Crippen molar-refractivity contribution in [3.8, 4) is 11.8 Å². The molecule has 0 radical (unpaired) electrons. The van der Waals surface area contributed by atoms with Crippen LogP contribution >= 0.6 is 0 Å². The number of Topliss-reactive ketones (excluding diaryl/α,β-unsaturated/α-hetero) is 5. The third kappa shape index (κ3) is 27.4. The molecule has 0 aliphatic heterocycles. The van der Waals surface area contributed by atoms with E-state index < -0.39 is 41.6 Å². The maximum Gasteiger partial charge on any atom is 0.337 e. The van der Waals surface area contributed by atoms with E-state index >= 15 is 0 Å². The number of carboxylic acid groups (broad SMARTS) is 4. The third-order valence-electron chi connectivity index (χ3n) is 18.1. The summed E-state index contributed by atoms with van der Waals surface area (Å²) < 4.78 is 5.21. The number of carboxylic acids is 4. The molecule has 10 rings (SSSR count). The van der Waals surface area contributed by atoms with Crippen molar-refractivity contribution < 1.29 is 102 Å². The first-order valence-corrected chi connectivity index (χ1v) is 36.7. The fourth-order valence-electron chi connectivity index (χ4n) is 11.9. The number of aromatic carboxylic acids is 4. The molecule has 0 aliphatic carbocycles. The molecule has 27 nitrogen and oxygen atoms in total. The van der Waals surface area contributed by atoms with Crippen LogP contribution < -0.4 is 32.2 Å². The molecule has 0 aromatic heterocycles. The van der Waals surface area contributed by atoms with Gasteiger partial charge in [-0.15, -0.1) is 0 Å². The molecule has 120 heavy (non-hydrogen) atoms. The molecule has 0 spiro atoms. The number of aryl methyl sites for hydroxylation is 4. The smallest absolute Gasteiger partial charge is 0.337 e. The van der Waals surface area contributed by atoms with Gasteiger partial charge in [-0.25, -0.2) is 19.2 Å². The standard InChI is InChI=1S/C19H20N2O3.C19H18O5.C19H18O4.C18H16N2O5.C18H14N2O4/c1-13(22)16-4-2-3-5-17(16)19(24)21-12-15-8-6-14(7-9-15)10-11-18(20)23;1-12(20)14-9-7-13(11-18(14)24-2)8-10-17(21)15-5-3-4-6-16(15)19(22)23;1-12-11-14(7-9-15(12)13(2)20)8-10-18(21)16-5-3-4-6-17(16)19(22)23;1-10(21)13-4-2-3-5-14(13)17(23)20-9-12-7-6-11(18(24)25)8-15(12)16(19)22;1-11(21)14-4-2-3-5-16(14)17(22)20-10-12-6-7-15(18(23)24)13(8-12)9-19/h2-9H,10-12H2,1H3,(H2,20,23)(H,21,24);3-7,9,11,20H,1,8,10H2,2H3,(H,22,23);3-7,9,11,20H,2,8,10H2,1H3,(H,22,23);2-8H,9H2,1H3,(H2,19,22)(H,20,23)(H,24,25);2-8H,10H2,1H3,(H,20,22)(H,23,24). The number of nitrogens with one attached hydrogen (secondary N) is 3. The maximum atomic E-state index is 12.3. The predicted molar refractivity (Wildman–Crippen MR) is 446 cm³/mol. The molecule has 13 N–H and O–H groups in total. The Kier molecular flexibility index (Phi) is 35.1. The molecule has 0 heterocycles. The van der Waals surface area contributed by atoms with E-state index in [-0.39, 0.29) is 139 Å². The van der Waals surface area contributed by atoms with Gasteiger partial charge in [0.15, 0.2) is 28.9 Å². The highest BCUT2D eigenvalue weighted by Crippen LogP contribution is 2.27. The lowest BCUT2D eigenvalue weighted by atomic mass is 9.97. The first-order valence-electron chi connectivity index (χ1n) is 36.7. The molecule has 0 aliphatic rings. The largest absolute Gasteiger partial charge is 0.508 e. The Balaban J connectivity index is 0.000000233. The zero-order chi connectivity index (χ0) is 88.4. The van der Waals surface area contributed by atoms with Gasteiger partial charge in [-0.2, -0.15) is 5.26 Å². The lowest BCUT2D eigenvalue weighted by Gasteiger charge is -2.11. The number of hydrogen-bond donors (Lipinski definition) is 11. The average molecular weight is 1620 g/mol. The Morgan fingerprint density at radius 2 is 0.725 bits per heavy atom. The van der Waals surface area contributed by atoms with Gasteiger partial charge in [0, 0.05) is 77.8 Å². The molecule has 0 bridgehead atoms. The zero-order valence-corrected chi connectivity index (χ0v) is 66.0. The number of nitriles is 1. The van der Waals surface area contributed by atoms with Gasteiger partial charge in [0.1, 0.15) is 23.3 Å². The van der Waals surface area contributed by atoms with Crippen LogP contribution in [0.2, 0.25) is 0 Å². The summed E-state index contributed by atoms with van der Waals surface area (Å²) in [4.78, 5) is 163. The Hall–Kier alpha value is -15.9. The quantitative estimate of drug-likeness (QED) is 0.0142. The van der Waals surface area contributed by atoms with E-state index in [1.807, 2.05) is 49.4 Å². The maximum absolute atomic E-state index is 12.3. The number of ether oxygens (including phenoxy) is 1. The van der Waals surface area contributed by atoms with Gasteiger partial charge in [-0.3, -0.25) is 47.9 Å². The minimum absolute atomic E-state index is 0.00649. The molecule has 10 aromatic carbocycles. The fraction of sp³-hybridized carbons (Fsp3) is 0.151. The second-order valence-electron chi connectivity index (χ2n) is 26.6. The number of methoxy groups -OCH3 is 1. The Labute approximate surface area is 689 Å². The molecule has 614 valence electrons. The number of amides is 5. The van der Waals surface area contributed by atoms with E-state index in [2.05, 4.69) is 29.1 Å². The van der Waals surface area contributed by atoms with Crippen LogP contribution in [-0.2, 0) is 43.7 Å². The summed E-state index contributed by atoms with van der Waals surface area (Å²) in [6.45, 7) is 13.5. The number of aliphatic hydroxyl groups is 2. The topological polar surface area (TPSA) is 482 Å². The number of rotatable bonds is 31. The highest BCUT2D eigenvalue weighted by molar-refractivity contribution is 6.10. The van der Waals surface area contributed by atoms with Crippen molar-refractivity contribution in [2.24, 2.45) is 11.5 Å². The molecule has 27 heteroatoms. The number of nitrogens with zero attached hydrogens (tertiary/aromatic N) is 1. The van der Waals surface area contributed by atoms with Crippen LogP contribution in [0.15, 0.2) is 232 Å². The minimum atomic E-state index is -1.19. The summed E-state index contributed by atoms with van der Waals surface area (Å²) in [6.07, 6.45) is 2.26. The van der Waals surface area contributed by atoms with Gasteiger partial charge in [0.25, 0.3) is 17.7 Å². The number of ketones is 5. The van der Waals surface area contributed by atoms with Crippen molar-refractivity contribution in [2.45, 2.75) is 85.9 Å². The first-order chi connectivity index (χ1) is 57.0. The summed E-state index contributed by atoms with van der Waals surface area (Å²) in [7, 11) is 1.49. The highest BCUT2D eigenvalue weighted by atomic mass is 16.5. The number of carbonyl (C=O) groups is 14. The van der Waals surface area contributed by atoms with E-state index in [9.17, 15) is 77.3 Å². The summed E-state index contributed by atoms with van der Waals surface area (Å²) in [5.41, 5.74) is 19.4. The minimum Gasteiger partial charge on any atom is -0.508 e. The lowest BCUT2D eigenvalue weighted by Crippen LogP contribution is -2.26. The Morgan fingerprint density at radius 1 is 0.367 bits per heavy atom. The highest BCUT2D eigenvalue weighted by Gasteiger charge is 2.22. The average Bonchev–Trinajstić information content (AvgIpc) is 0.836. The SMILES string of the molecule is C=C(O)c1ccc(CCC(=O)c2ccccc2C(=O)O)cc1C.C=C(O)c1ccc(CCC(=O)c2ccccc2C(=O)O)cc1OC.CC(=O)c1ccccc1C(=O)NCc1ccc(C(=O)O)c(C#N)c1.CC(=O)c1ccccc1C(=O)NCc1ccc(C(=O)O)cc1C(N)=O.CC(=O)c1ccccc1C(=O)NCc1ccc(CCC(N)=O)cc1. The lowest BCUT2D eigenvalue weighted by molar-refractivity contribution is -0.118. The Bertz CT molecular complexity index is 5660. The van der Waals surface area contributed by atoms with Gasteiger partial charge in [0.05, 0.1) is 57.2 Å². The van der Waals surface area contributed by atoms with Crippen molar-refractivity contribution in [2.75, 3.05) is 7.11 Å². The summed E-state index contributed by atoms with van der Waals surface area (Å²) in [5.74, 6) is -7.52. The van der Waals surface area contributed by atoms with Crippen molar-refractivity contribution in [3.63, 3.8) is 0 Å². The number of nitrogens with two attached hydrogens (primary N) is 2. The molecular formula is C93H86N6O21. The van der Waals surface area contributed by atoms with Gasteiger partial charge in [-0.1, -0.05) is 165 Å². The van der Waals surface area contributed by atoms with Crippen molar-refractivity contribution in [3.05, 3.63) is 360 Å². The van der Waals surface area contributed by atoms with Gasteiger partial charge in [-0.05, 0) is 153 Å². The normalized spacial score (nSPS) is 10.1. The van der Waals surface area contributed by atoms with Crippen LogP contribution in [0.25, 0.3) is 11.5 Å². The van der Waals surface area contributed by atoms with Crippen LogP contribution in [0.1, 0.15) is 230 Å². The summed E-state index contributed by atoms with van der Waals surface area (Å²) in [5, 5.41) is 72.3. The Morgan fingerprint density at radius 3 is 1.11 bits per heavy atom. The number of carbonyl (C=O) groups excluding carboxylic acids is 10. The molecule has 0 unspecified atom stereocenters. The van der Waals surface area contributed by atoms with Crippen LogP contribution in [-0.4, -0.2) is 120 Å². The van der Waals surface area contributed by atoms with Gasteiger partial charge in [0.2, 0.25) is 11.8 Å². The second kappa shape index (κ2) is 45.3. The third-order valence-corrected chi connectivity index (χ3v) is 18.1. The second-order valence-corrected chi connectivity index (χ2v) is 26.6. The molecule has 0 saturated heterocycles.